The van der Waals surface area contributed by atoms with Gasteiger partial charge in [0.2, 0.25) is 5.91 Å². The molecule has 0 saturated carbocycles. The highest BCUT2D eigenvalue weighted by atomic mass is 32.2. The lowest BCUT2D eigenvalue weighted by Gasteiger charge is -2.11. The van der Waals surface area contributed by atoms with E-state index in [1.54, 1.807) is 14.0 Å². The fourth-order valence-corrected chi connectivity index (χ4v) is 2.51. The molecule has 0 aliphatic rings. The number of aryl methyl sites for hydroxylation is 2. The Balaban J connectivity index is 3.00. The van der Waals surface area contributed by atoms with Crippen LogP contribution in [0.4, 0.5) is 0 Å². The molecule has 0 unspecified atom stereocenters. The topological polar surface area (TPSA) is 144 Å². The molecule has 1 aromatic rings. The maximum absolute atomic E-state index is 11.9. The second-order valence-electron chi connectivity index (χ2n) is 3.92. The summed E-state index contributed by atoms with van der Waals surface area (Å²) in [6.07, 6.45) is 0.598. The molecule has 19 heavy (non-hydrogen) atoms. The first-order valence-electron chi connectivity index (χ1n) is 5.17. The van der Waals surface area contributed by atoms with E-state index in [4.69, 9.17) is 10.8 Å². The minimum Gasteiger partial charge on any atom is -0.480 e. The zero-order valence-corrected chi connectivity index (χ0v) is 11.1. The van der Waals surface area contributed by atoms with Crippen molar-refractivity contribution in [2.24, 2.45) is 12.8 Å². The molecule has 1 amide bonds. The van der Waals surface area contributed by atoms with Crippen LogP contribution in [0, 0.1) is 6.92 Å². The second kappa shape index (κ2) is 5.36. The molecule has 9 nitrogen and oxygen atoms in total. The number of primary amides is 1. The predicted molar refractivity (Wildman–Crippen MR) is 63.5 cm³/mol. The molecule has 1 atom stereocenters. The Morgan fingerprint density at radius 3 is 2.53 bits per heavy atom. The van der Waals surface area contributed by atoms with Gasteiger partial charge in [0.25, 0.3) is 10.0 Å². The lowest BCUT2D eigenvalue weighted by atomic mass is 10.2. The Bertz CT molecular complexity index is 587. The van der Waals surface area contributed by atoms with E-state index < -0.39 is 34.4 Å². The molecular weight excluding hydrogens is 276 g/mol. The molecule has 4 N–H and O–H groups in total. The number of carboxylic acid groups (broad SMARTS) is 1. The number of hydrogen-bond acceptors (Lipinski definition) is 5. The number of nitrogens with one attached hydrogen (secondary N) is 1. The van der Waals surface area contributed by atoms with E-state index in [0.29, 0.717) is 5.82 Å². The van der Waals surface area contributed by atoms with Crippen molar-refractivity contribution in [1.29, 1.82) is 0 Å². The van der Waals surface area contributed by atoms with Crippen molar-refractivity contribution >= 4 is 21.9 Å². The lowest BCUT2D eigenvalue weighted by Crippen LogP contribution is -2.43. The summed E-state index contributed by atoms with van der Waals surface area (Å²) >= 11 is 0. The van der Waals surface area contributed by atoms with Crippen LogP contribution in [0.2, 0.25) is 0 Å². The number of aliphatic carboxylic acids is 1. The molecule has 0 radical (unpaired) electrons. The van der Waals surface area contributed by atoms with Crippen LogP contribution < -0.4 is 10.5 Å². The van der Waals surface area contributed by atoms with E-state index in [1.165, 1.54) is 10.8 Å². The number of nitrogens with two attached hydrogens (primary N) is 1. The zero-order valence-electron chi connectivity index (χ0n) is 10.3. The normalized spacial score (nSPS) is 13.2. The summed E-state index contributed by atoms with van der Waals surface area (Å²) in [5.41, 5.74) is 4.86. The van der Waals surface area contributed by atoms with Gasteiger partial charge in [-0.1, -0.05) is 0 Å². The van der Waals surface area contributed by atoms with Crippen LogP contribution in [-0.4, -0.2) is 41.0 Å². The molecule has 0 aromatic carbocycles. The van der Waals surface area contributed by atoms with Crippen LogP contribution >= 0.6 is 0 Å². The molecular formula is C9H14N4O5S. The van der Waals surface area contributed by atoms with Gasteiger partial charge in [-0.3, -0.25) is 9.59 Å². The number of carbonyl (C=O) groups is 2. The molecule has 1 aromatic heterocycles. The summed E-state index contributed by atoms with van der Waals surface area (Å²) in [7, 11) is -2.53. The van der Waals surface area contributed by atoms with Gasteiger partial charge in [0.05, 0.1) is 6.42 Å². The maximum atomic E-state index is 11.9. The smallest absolute Gasteiger partial charge is 0.322 e. The average molecular weight is 290 g/mol. The van der Waals surface area contributed by atoms with Gasteiger partial charge in [0.15, 0.2) is 5.03 Å². The first-order valence-corrected chi connectivity index (χ1v) is 6.65. The Kier molecular flexibility index (Phi) is 4.27. The summed E-state index contributed by atoms with van der Waals surface area (Å²) in [4.78, 5) is 25.3. The summed E-state index contributed by atoms with van der Waals surface area (Å²) < 4.78 is 27.1. The Hall–Kier alpha value is -1.94. The Morgan fingerprint density at radius 2 is 2.16 bits per heavy atom. The summed E-state index contributed by atoms with van der Waals surface area (Å²) in [6, 6.07) is -1.62. The number of aromatic nitrogens is 2. The third kappa shape index (κ3) is 3.76. The molecule has 0 aliphatic heterocycles. The maximum Gasteiger partial charge on any atom is 0.322 e. The molecule has 0 spiro atoms. The number of nitrogens with zero attached hydrogens (tertiary/aromatic N) is 2. The number of imidazole rings is 1. The van der Waals surface area contributed by atoms with Crippen molar-refractivity contribution in [3.63, 3.8) is 0 Å². The number of amides is 1. The third-order valence-corrected chi connectivity index (χ3v) is 3.70. The van der Waals surface area contributed by atoms with E-state index in [9.17, 15) is 18.0 Å². The van der Waals surface area contributed by atoms with Gasteiger partial charge < -0.3 is 15.4 Å². The van der Waals surface area contributed by atoms with E-state index in [-0.39, 0.29) is 5.03 Å². The van der Waals surface area contributed by atoms with E-state index in [1.807, 2.05) is 4.72 Å². The van der Waals surface area contributed by atoms with Gasteiger partial charge in [-0.05, 0) is 6.92 Å². The van der Waals surface area contributed by atoms with Crippen LogP contribution in [-0.2, 0) is 26.7 Å². The van der Waals surface area contributed by atoms with E-state index >= 15 is 0 Å². The number of carboxylic acids is 1. The Morgan fingerprint density at radius 1 is 1.58 bits per heavy atom. The van der Waals surface area contributed by atoms with Crippen LogP contribution in [0.1, 0.15) is 12.2 Å². The van der Waals surface area contributed by atoms with Gasteiger partial charge in [-0.2, -0.15) is 4.72 Å². The summed E-state index contributed by atoms with van der Waals surface area (Å²) in [6.45, 7) is 1.59. The van der Waals surface area contributed by atoms with Crippen molar-refractivity contribution in [2.75, 3.05) is 0 Å². The van der Waals surface area contributed by atoms with Crippen LogP contribution in [0.5, 0.6) is 0 Å². The number of rotatable bonds is 6. The van der Waals surface area contributed by atoms with Crippen molar-refractivity contribution < 1.29 is 23.1 Å². The van der Waals surface area contributed by atoms with E-state index in [2.05, 4.69) is 4.98 Å². The molecule has 0 fully saturated rings. The fourth-order valence-electron chi connectivity index (χ4n) is 1.28. The fraction of sp³-hybridized carbons (Fsp3) is 0.444. The number of carbonyl (C=O) groups excluding carboxylic acids is 1. The molecule has 0 bridgehead atoms. The molecule has 1 rings (SSSR count). The van der Waals surface area contributed by atoms with Gasteiger partial charge >= 0.3 is 5.97 Å². The van der Waals surface area contributed by atoms with Gasteiger partial charge in [-0.15, -0.1) is 0 Å². The lowest BCUT2D eigenvalue weighted by molar-refractivity contribution is -0.140. The average Bonchev–Trinajstić information content (AvgIpc) is 2.58. The Labute approximate surface area is 109 Å². The van der Waals surface area contributed by atoms with Crippen LogP contribution in [0.15, 0.2) is 11.2 Å². The summed E-state index contributed by atoms with van der Waals surface area (Å²) in [5, 5.41) is 8.52. The molecule has 0 aliphatic carbocycles. The van der Waals surface area contributed by atoms with Gasteiger partial charge in [-0.25, -0.2) is 13.4 Å². The highest BCUT2D eigenvalue weighted by Crippen LogP contribution is 2.09. The molecule has 10 heteroatoms. The zero-order chi connectivity index (χ0) is 14.8. The highest BCUT2D eigenvalue weighted by molar-refractivity contribution is 7.89. The van der Waals surface area contributed by atoms with Crippen molar-refractivity contribution in [1.82, 2.24) is 14.3 Å². The van der Waals surface area contributed by atoms with Gasteiger partial charge in [0.1, 0.15) is 11.9 Å². The SMILES string of the molecule is Cc1nc(S(=O)(=O)N[C@H](CC(N)=O)C(=O)O)cn1C. The quantitative estimate of drug-likeness (QED) is 0.571. The monoisotopic (exact) mass is 290 g/mol. The third-order valence-electron chi connectivity index (χ3n) is 2.36. The van der Waals surface area contributed by atoms with Crippen LogP contribution in [0.25, 0.3) is 0 Å². The highest BCUT2D eigenvalue weighted by Gasteiger charge is 2.28. The molecule has 0 saturated heterocycles. The standard InChI is InChI=1S/C9H14N4O5S/c1-5-11-8(4-13(5)2)19(17,18)12-6(9(15)16)3-7(10)14/h4,6,12H,3H2,1-2H3,(H2,10,14)(H,15,16)/t6-/m1/s1. The van der Waals surface area contributed by atoms with Gasteiger partial charge in [0, 0.05) is 13.2 Å². The van der Waals surface area contributed by atoms with Crippen molar-refractivity contribution in [3.8, 4) is 0 Å². The minimum absolute atomic E-state index is 0.316. The number of hydrogen-bond donors (Lipinski definition) is 3. The predicted octanol–water partition coefficient (Wildman–Crippen LogP) is -1.66. The minimum atomic E-state index is -4.12. The van der Waals surface area contributed by atoms with E-state index in [0.717, 1.165) is 0 Å². The van der Waals surface area contributed by atoms with Crippen LogP contribution in [0.3, 0.4) is 0 Å². The second-order valence-corrected chi connectivity index (χ2v) is 5.58. The molecule has 106 valence electrons. The summed E-state index contributed by atoms with van der Waals surface area (Å²) in [5.74, 6) is -1.97. The largest absolute Gasteiger partial charge is 0.480 e. The molecule has 1 heterocycles. The van der Waals surface area contributed by atoms with Crippen molar-refractivity contribution in [3.05, 3.63) is 12.0 Å². The number of sulfonamides is 1. The first-order chi connectivity index (χ1) is 8.63. The van der Waals surface area contributed by atoms with Crippen molar-refractivity contribution in [2.45, 2.75) is 24.4 Å². The first kappa shape index (κ1) is 15.1.